The summed E-state index contributed by atoms with van der Waals surface area (Å²) in [5.74, 6) is 0.674. The lowest BCUT2D eigenvalue weighted by atomic mass is 10.2. The molecule has 0 atom stereocenters. The Kier molecular flexibility index (Phi) is 2.96. The highest BCUT2D eigenvalue weighted by atomic mass is 14.9. The molecule has 60 valence electrons. The van der Waals surface area contributed by atoms with Crippen molar-refractivity contribution in [2.75, 3.05) is 0 Å². The van der Waals surface area contributed by atoms with Gasteiger partial charge in [0.2, 0.25) is 0 Å². The summed E-state index contributed by atoms with van der Waals surface area (Å²) in [5, 5.41) is 0. The van der Waals surface area contributed by atoms with E-state index in [0.29, 0.717) is 5.82 Å². The molecular weight excluding hydrogens is 148 g/mol. The minimum Gasteiger partial charge on any atom is -0.237 e. The van der Waals surface area contributed by atoms with Gasteiger partial charge in [0.25, 0.3) is 0 Å². The third-order valence-electron chi connectivity index (χ3n) is 1.34. The Morgan fingerprint density at radius 3 is 2.92 bits per heavy atom. The third kappa shape index (κ3) is 1.89. The van der Waals surface area contributed by atoms with Crippen molar-refractivity contribution in [2.45, 2.75) is 0 Å². The van der Waals surface area contributed by atoms with Gasteiger partial charge in [0.1, 0.15) is 0 Å². The van der Waals surface area contributed by atoms with Crippen LogP contribution in [-0.2, 0) is 0 Å². The SMILES string of the molecule is C=CC=Nc1ncccc1C=C. The fourth-order valence-corrected chi connectivity index (χ4v) is 0.800. The van der Waals surface area contributed by atoms with Gasteiger partial charge >= 0.3 is 0 Å². The van der Waals surface area contributed by atoms with Gasteiger partial charge in [-0.3, -0.25) is 0 Å². The van der Waals surface area contributed by atoms with Crippen molar-refractivity contribution >= 4 is 18.1 Å². The number of hydrogen-bond acceptors (Lipinski definition) is 2. The van der Waals surface area contributed by atoms with Crippen molar-refractivity contribution in [1.82, 2.24) is 4.98 Å². The molecule has 0 aromatic carbocycles. The lowest BCUT2D eigenvalue weighted by molar-refractivity contribution is 1.27. The molecule has 12 heavy (non-hydrogen) atoms. The maximum Gasteiger partial charge on any atom is 0.159 e. The zero-order valence-electron chi connectivity index (χ0n) is 6.77. The van der Waals surface area contributed by atoms with Gasteiger partial charge in [0.15, 0.2) is 5.82 Å². The molecule has 0 aliphatic rings. The van der Waals surface area contributed by atoms with Gasteiger partial charge in [-0.15, -0.1) is 0 Å². The maximum atomic E-state index is 4.07. The van der Waals surface area contributed by atoms with E-state index in [9.17, 15) is 0 Å². The molecule has 0 N–H and O–H groups in total. The molecule has 0 aliphatic heterocycles. The van der Waals surface area contributed by atoms with Crippen LogP contribution in [0.2, 0.25) is 0 Å². The van der Waals surface area contributed by atoms with Crippen LogP contribution in [0.25, 0.3) is 6.08 Å². The van der Waals surface area contributed by atoms with Gasteiger partial charge in [-0.25, -0.2) is 9.98 Å². The van der Waals surface area contributed by atoms with Crippen molar-refractivity contribution in [3.05, 3.63) is 43.1 Å². The Labute approximate surface area is 72.0 Å². The molecule has 0 fully saturated rings. The van der Waals surface area contributed by atoms with E-state index in [4.69, 9.17) is 0 Å². The second-order valence-corrected chi connectivity index (χ2v) is 2.13. The van der Waals surface area contributed by atoms with Crippen molar-refractivity contribution < 1.29 is 0 Å². The van der Waals surface area contributed by atoms with E-state index in [0.717, 1.165) is 5.56 Å². The second-order valence-electron chi connectivity index (χ2n) is 2.13. The molecule has 0 spiro atoms. The number of rotatable bonds is 3. The van der Waals surface area contributed by atoms with E-state index >= 15 is 0 Å². The molecule has 0 saturated carbocycles. The molecule has 0 amide bonds. The highest BCUT2D eigenvalue weighted by Crippen LogP contribution is 2.14. The van der Waals surface area contributed by atoms with Gasteiger partial charge in [-0.1, -0.05) is 25.3 Å². The molecule has 1 heterocycles. The molecule has 2 nitrogen and oxygen atoms in total. The van der Waals surface area contributed by atoms with Crippen LogP contribution in [-0.4, -0.2) is 11.2 Å². The molecule has 0 bridgehead atoms. The summed E-state index contributed by atoms with van der Waals surface area (Å²) >= 11 is 0. The van der Waals surface area contributed by atoms with Crippen molar-refractivity contribution in [1.29, 1.82) is 0 Å². The largest absolute Gasteiger partial charge is 0.237 e. The van der Waals surface area contributed by atoms with Gasteiger partial charge in [0.05, 0.1) is 0 Å². The standard InChI is InChI=1S/C10H10N2/c1-3-7-11-10-9(4-2)6-5-8-12-10/h3-8H,1-2H2. The maximum absolute atomic E-state index is 4.07. The van der Waals surface area contributed by atoms with Crippen LogP contribution in [0.1, 0.15) is 5.56 Å². The number of pyridine rings is 1. The summed E-state index contributed by atoms with van der Waals surface area (Å²) in [5.41, 5.74) is 0.926. The highest BCUT2D eigenvalue weighted by molar-refractivity contribution is 5.75. The smallest absolute Gasteiger partial charge is 0.159 e. The Bertz CT molecular complexity index is 313. The zero-order chi connectivity index (χ0) is 8.81. The molecule has 0 radical (unpaired) electrons. The molecule has 0 aliphatic carbocycles. The normalized spacial score (nSPS) is 10.0. The Balaban J connectivity index is 3.04. The van der Waals surface area contributed by atoms with Crippen LogP contribution in [0.5, 0.6) is 0 Å². The minimum absolute atomic E-state index is 0.674. The number of aromatic nitrogens is 1. The van der Waals surface area contributed by atoms with E-state index < -0.39 is 0 Å². The molecule has 1 aromatic heterocycles. The van der Waals surface area contributed by atoms with Crippen LogP contribution >= 0.6 is 0 Å². The van der Waals surface area contributed by atoms with E-state index in [1.54, 1.807) is 24.6 Å². The summed E-state index contributed by atoms with van der Waals surface area (Å²) in [6.07, 6.45) is 6.64. The fraction of sp³-hybridized carbons (Fsp3) is 0. The first-order valence-electron chi connectivity index (χ1n) is 3.61. The summed E-state index contributed by atoms with van der Waals surface area (Å²) in [6, 6.07) is 3.76. The number of aliphatic imine (C=N–C) groups is 1. The van der Waals surface area contributed by atoms with Crippen LogP contribution < -0.4 is 0 Å². The first-order chi connectivity index (χ1) is 5.88. The molecule has 1 aromatic rings. The van der Waals surface area contributed by atoms with Crippen LogP contribution in [0.15, 0.2) is 42.6 Å². The van der Waals surface area contributed by atoms with E-state index in [2.05, 4.69) is 23.1 Å². The summed E-state index contributed by atoms with van der Waals surface area (Å²) < 4.78 is 0. The monoisotopic (exact) mass is 158 g/mol. The summed E-state index contributed by atoms with van der Waals surface area (Å²) in [6.45, 7) is 7.19. The molecule has 0 unspecified atom stereocenters. The first-order valence-corrected chi connectivity index (χ1v) is 3.61. The first kappa shape index (κ1) is 8.40. The Morgan fingerprint density at radius 2 is 2.25 bits per heavy atom. The summed E-state index contributed by atoms with van der Waals surface area (Å²) in [4.78, 5) is 8.14. The van der Waals surface area contributed by atoms with Crippen LogP contribution in [0.3, 0.4) is 0 Å². The predicted octanol–water partition coefficient (Wildman–Crippen LogP) is 2.61. The Hall–Kier alpha value is -1.70. The zero-order valence-corrected chi connectivity index (χ0v) is 6.77. The predicted molar refractivity (Wildman–Crippen MR) is 52.7 cm³/mol. The van der Waals surface area contributed by atoms with Crippen LogP contribution in [0.4, 0.5) is 5.82 Å². The lowest BCUT2D eigenvalue weighted by Crippen LogP contribution is -1.78. The minimum atomic E-state index is 0.674. The topological polar surface area (TPSA) is 25.2 Å². The van der Waals surface area contributed by atoms with Gasteiger partial charge in [0, 0.05) is 18.0 Å². The van der Waals surface area contributed by atoms with Gasteiger partial charge < -0.3 is 0 Å². The highest BCUT2D eigenvalue weighted by Gasteiger charge is 1.93. The van der Waals surface area contributed by atoms with E-state index in [1.165, 1.54) is 0 Å². The van der Waals surface area contributed by atoms with E-state index in [1.807, 2.05) is 12.1 Å². The quantitative estimate of drug-likeness (QED) is 0.621. The third-order valence-corrected chi connectivity index (χ3v) is 1.34. The Morgan fingerprint density at radius 1 is 1.42 bits per heavy atom. The van der Waals surface area contributed by atoms with E-state index in [-0.39, 0.29) is 0 Å². The molecule has 0 saturated heterocycles. The van der Waals surface area contributed by atoms with Crippen LogP contribution in [0, 0.1) is 0 Å². The van der Waals surface area contributed by atoms with Gasteiger partial charge in [-0.2, -0.15) is 0 Å². The lowest BCUT2D eigenvalue weighted by Gasteiger charge is -1.95. The molecule has 1 rings (SSSR count). The fourth-order valence-electron chi connectivity index (χ4n) is 0.800. The van der Waals surface area contributed by atoms with Gasteiger partial charge in [-0.05, 0) is 12.1 Å². The van der Waals surface area contributed by atoms with Crippen molar-refractivity contribution in [3.8, 4) is 0 Å². The molecule has 2 heteroatoms. The average Bonchev–Trinajstić information content (AvgIpc) is 2.15. The second kappa shape index (κ2) is 4.23. The molecular formula is C10H10N2. The summed E-state index contributed by atoms with van der Waals surface area (Å²) in [7, 11) is 0. The van der Waals surface area contributed by atoms with Crippen molar-refractivity contribution in [2.24, 2.45) is 4.99 Å². The number of nitrogens with zero attached hydrogens (tertiary/aromatic N) is 2. The number of hydrogen-bond donors (Lipinski definition) is 0. The average molecular weight is 158 g/mol. The number of allylic oxidation sites excluding steroid dienone is 1. The van der Waals surface area contributed by atoms with Crippen molar-refractivity contribution in [3.63, 3.8) is 0 Å².